The van der Waals surface area contributed by atoms with Gasteiger partial charge in [-0.3, -0.25) is 14.4 Å². The van der Waals surface area contributed by atoms with Crippen LogP contribution in [0.3, 0.4) is 0 Å². The van der Waals surface area contributed by atoms with E-state index in [-0.39, 0.29) is 29.6 Å². The average Bonchev–Trinajstić information content (AvgIpc) is 3.14. The van der Waals surface area contributed by atoms with Gasteiger partial charge < -0.3 is 14.6 Å². The third-order valence-electron chi connectivity index (χ3n) is 5.85. The molecular weight excluding hydrogens is 368 g/mol. The number of hydrogen-bond donors (Lipinski definition) is 1. The molecule has 0 radical (unpaired) electrons. The summed E-state index contributed by atoms with van der Waals surface area (Å²) in [6.45, 7) is 2.64. The van der Waals surface area contributed by atoms with Gasteiger partial charge in [-0.1, -0.05) is 18.2 Å². The van der Waals surface area contributed by atoms with Gasteiger partial charge in [0.15, 0.2) is 5.43 Å². The summed E-state index contributed by atoms with van der Waals surface area (Å²) < 4.78 is 5.69. The van der Waals surface area contributed by atoms with Gasteiger partial charge in [-0.25, -0.2) is 0 Å². The Balaban J connectivity index is 1.65. The number of nitrogens with zero attached hydrogens (tertiary/aromatic N) is 1. The molecule has 0 aliphatic carbocycles. The van der Waals surface area contributed by atoms with Gasteiger partial charge in [0.2, 0.25) is 11.8 Å². The SMILES string of the molecule is Cc1cc2c(cc1N1CCCC1=O)NC(=O)CC2c1coc2ccccc2c1=O. The summed E-state index contributed by atoms with van der Waals surface area (Å²) in [6, 6.07) is 11.0. The fourth-order valence-corrected chi connectivity index (χ4v) is 4.42. The molecule has 2 amide bonds. The number of benzene rings is 2. The van der Waals surface area contributed by atoms with E-state index in [4.69, 9.17) is 4.42 Å². The van der Waals surface area contributed by atoms with Crippen LogP contribution in [0, 0.1) is 6.92 Å². The van der Waals surface area contributed by atoms with Crippen LogP contribution >= 0.6 is 0 Å². The lowest BCUT2D eigenvalue weighted by atomic mass is 9.84. The molecule has 3 heterocycles. The fraction of sp³-hybridized carbons (Fsp3) is 0.261. The highest BCUT2D eigenvalue weighted by atomic mass is 16.3. The second kappa shape index (κ2) is 6.58. The van der Waals surface area contributed by atoms with Crippen molar-refractivity contribution in [2.75, 3.05) is 16.8 Å². The molecule has 0 bridgehead atoms. The van der Waals surface area contributed by atoms with E-state index in [0.29, 0.717) is 35.2 Å². The van der Waals surface area contributed by atoms with E-state index in [9.17, 15) is 14.4 Å². The first-order chi connectivity index (χ1) is 14.0. The van der Waals surface area contributed by atoms with Crippen molar-refractivity contribution in [2.45, 2.75) is 32.1 Å². The maximum Gasteiger partial charge on any atom is 0.227 e. The molecule has 1 atom stereocenters. The summed E-state index contributed by atoms with van der Waals surface area (Å²) in [6.07, 6.45) is 3.04. The number of carbonyl (C=O) groups is 2. The molecule has 6 heteroatoms. The van der Waals surface area contributed by atoms with E-state index in [2.05, 4.69) is 5.32 Å². The first-order valence-electron chi connectivity index (χ1n) is 9.78. The minimum absolute atomic E-state index is 0.0990. The zero-order chi connectivity index (χ0) is 20.1. The first kappa shape index (κ1) is 17.7. The summed E-state index contributed by atoms with van der Waals surface area (Å²) in [5, 5.41) is 3.42. The van der Waals surface area contributed by atoms with Crippen LogP contribution in [0.25, 0.3) is 11.0 Å². The lowest BCUT2D eigenvalue weighted by Gasteiger charge is -2.28. The van der Waals surface area contributed by atoms with Crippen LogP contribution in [0.4, 0.5) is 11.4 Å². The molecule has 0 spiro atoms. The maximum absolute atomic E-state index is 13.1. The number of fused-ring (bicyclic) bond motifs is 2. The minimum atomic E-state index is -0.387. The summed E-state index contributed by atoms with van der Waals surface area (Å²) in [4.78, 5) is 39.5. The molecule has 1 fully saturated rings. The summed E-state index contributed by atoms with van der Waals surface area (Å²) in [5.41, 5.74) is 4.18. The Morgan fingerprint density at radius 1 is 1.10 bits per heavy atom. The van der Waals surface area contributed by atoms with Gasteiger partial charge in [-0.05, 0) is 42.7 Å². The van der Waals surface area contributed by atoms with Gasteiger partial charge in [-0.15, -0.1) is 0 Å². The Labute approximate surface area is 167 Å². The van der Waals surface area contributed by atoms with E-state index < -0.39 is 0 Å². The molecule has 1 N–H and O–H groups in total. The Bertz CT molecular complexity index is 1230. The number of hydrogen-bond acceptors (Lipinski definition) is 4. The van der Waals surface area contributed by atoms with Crippen LogP contribution in [0.1, 0.15) is 41.9 Å². The van der Waals surface area contributed by atoms with Crippen molar-refractivity contribution < 1.29 is 14.0 Å². The van der Waals surface area contributed by atoms with E-state index in [1.165, 1.54) is 6.26 Å². The second-order valence-electron chi connectivity index (χ2n) is 7.70. The third-order valence-corrected chi connectivity index (χ3v) is 5.85. The van der Waals surface area contributed by atoms with Crippen LogP contribution in [-0.2, 0) is 9.59 Å². The van der Waals surface area contributed by atoms with Gasteiger partial charge in [0.05, 0.1) is 11.6 Å². The van der Waals surface area contributed by atoms with Crippen molar-refractivity contribution in [3.05, 3.63) is 69.6 Å². The second-order valence-corrected chi connectivity index (χ2v) is 7.70. The zero-order valence-corrected chi connectivity index (χ0v) is 16.0. The molecule has 0 saturated carbocycles. The van der Waals surface area contributed by atoms with Crippen molar-refractivity contribution in [1.82, 2.24) is 0 Å². The minimum Gasteiger partial charge on any atom is -0.464 e. The molecular formula is C23H20N2O4. The summed E-state index contributed by atoms with van der Waals surface area (Å²) in [5.74, 6) is -0.443. The molecule has 5 rings (SSSR count). The number of carbonyl (C=O) groups excluding carboxylic acids is 2. The van der Waals surface area contributed by atoms with Crippen molar-refractivity contribution in [1.29, 1.82) is 0 Å². The number of rotatable bonds is 2. The van der Waals surface area contributed by atoms with Crippen LogP contribution in [0.5, 0.6) is 0 Å². The molecule has 1 aromatic heterocycles. The summed E-state index contributed by atoms with van der Waals surface area (Å²) >= 11 is 0. The molecule has 146 valence electrons. The first-order valence-corrected chi connectivity index (χ1v) is 9.78. The molecule has 6 nitrogen and oxygen atoms in total. The molecule has 2 aliphatic rings. The quantitative estimate of drug-likeness (QED) is 0.726. The molecule has 2 aromatic carbocycles. The number of nitrogens with one attached hydrogen (secondary N) is 1. The summed E-state index contributed by atoms with van der Waals surface area (Å²) in [7, 11) is 0. The Kier molecular flexibility index (Phi) is 4.01. The predicted octanol–water partition coefficient (Wildman–Crippen LogP) is 3.70. The molecule has 29 heavy (non-hydrogen) atoms. The monoisotopic (exact) mass is 388 g/mol. The number of amides is 2. The fourth-order valence-electron chi connectivity index (χ4n) is 4.42. The molecule has 2 aliphatic heterocycles. The van der Waals surface area contributed by atoms with Gasteiger partial charge in [0.25, 0.3) is 0 Å². The van der Waals surface area contributed by atoms with E-state index in [1.54, 1.807) is 23.1 Å². The van der Waals surface area contributed by atoms with Crippen LogP contribution in [0.15, 0.2) is 51.9 Å². The van der Waals surface area contributed by atoms with E-state index in [1.807, 2.05) is 25.1 Å². The molecule has 1 saturated heterocycles. The van der Waals surface area contributed by atoms with Crippen LogP contribution in [0.2, 0.25) is 0 Å². The van der Waals surface area contributed by atoms with Crippen LogP contribution < -0.4 is 15.6 Å². The normalized spacial score (nSPS) is 18.8. The number of anilines is 2. The van der Waals surface area contributed by atoms with Crippen molar-refractivity contribution in [2.24, 2.45) is 0 Å². The average molecular weight is 388 g/mol. The van der Waals surface area contributed by atoms with Crippen molar-refractivity contribution in [3.8, 4) is 0 Å². The van der Waals surface area contributed by atoms with Gasteiger partial charge >= 0.3 is 0 Å². The van der Waals surface area contributed by atoms with E-state index >= 15 is 0 Å². The van der Waals surface area contributed by atoms with Crippen molar-refractivity contribution in [3.63, 3.8) is 0 Å². The predicted molar refractivity (Wildman–Crippen MR) is 110 cm³/mol. The third kappa shape index (κ3) is 2.83. The van der Waals surface area contributed by atoms with E-state index in [0.717, 1.165) is 23.2 Å². The largest absolute Gasteiger partial charge is 0.464 e. The Hall–Kier alpha value is -3.41. The Morgan fingerprint density at radius 2 is 1.93 bits per heavy atom. The number of aryl methyl sites for hydroxylation is 1. The van der Waals surface area contributed by atoms with Gasteiger partial charge in [0, 0.05) is 42.2 Å². The topological polar surface area (TPSA) is 79.6 Å². The van der Waals surface area contributed by atoms with Gasteiger partial charge in [0.1, 0.15) is 5.58 Å². The highest BCUT2D eigenvalue weighted by Crippen LogP contribution is 2.40. The number of para-hydroxylation sites is 1. The lowest BCUT2D eigenvalue weighted by Crippen LogP contribution is -2.28. The van der Waals surface area contributed by atoms with Crippen molar-refractivity contribution >= 4 is 34.2 Å². The lowest BCUT2D eigenvalue weighted by molar-refractivity contribution is -0.117. The van der Waals surface area contributed by atoms with Crippen LogP contribution in [-0.4, -0.2) is 18.4 Å². The smallest absolute Gasteiger partial charge is 0.227 e. The zero-order valence-electron chi connectivity index (χ0n) is 16.0. The molecule has 3 aromatic rings. The van der Waals surface area contributed by atoms with Gasteiger partial charge in [-0.2, -0.15) is 0 Å². The molecule has 1 unspecified atom stereocenters. The Morgan fingerprint density at radius 3 is 2.72 bits per heavy atom. The highest BCUT2D eigenvalue weighted by molar-refractivity contribution is 6.00. The highest BCUT2D eigenvalue weighted by Gasteiger charge is 2.32. The standard InChI is InChI=1S/C23H20N2O4/c1-13-9-16-15(17-12-29-20-6-3-2-5-14(20)23(17)28)10-21(26)24-18(16)11-19(13)25-8-4-7-22(25)27/h2-3,5-6,9,11-12,15H,4,7-8,10H2,1H3,(H,24,26). The maximum atomic E-state index is 13.1.